The highest BCUT2D eigenvalue weighted by Crippen LogP contribution is 2.32. The van der Waals surface area contributed by atoms with E-state index in [0.717, 1.165) is 6.07 Å². The van der Waals surface area contributed by atoms with Crippen LogP contribution in [0.5, 0.6) is 0 Å². The predicted molar refractivity (Wildman–Crippen MR) is 56.9 cm³/mol. The lowest BCUT2D eigenvalue weighted by atomic mass is 10.2. The molecule has 1 aromatic carbocycles. The Kier molecular flexibility index (Phi) is 2.77. The number of hydrogen-bond donors (Lipinski definition) is 3. The summed E-state index contributed by atoms with van der Waals surface area (Å²) in [6.45, 7) is 0. The molecule has 0 radical (unpaired) electrons. The summed E-state index contributed by atoms with van der Waals surface area (Å²) in [6.07, 6.45) is 1.26. The molecule has 1 aromatic heterocycles. The third-order valence-corrected chi connectivity index (χ3v) is 3.51. The summed E-state index contributed by atoms with van der Waals surface area (Å²) >= 11 is 2.75. The van der Waals surface area contributed by atoms with Crippen molar-refractivity contribution in [1.29, 1.82) is 0 Å². The van der Waals surface area contributed by atoms with E-state index in [2.05, 4.69) is 20.9 Å². The van der Waals surface area contributed by atoms with Crippen molar-refractivity contribution in [1.82, 2.24) is 4.98 Å². The van der Waals surface area contributed by atoms with Crippen molar-refractivity contribution >= 4 is 40.5 Å². The number of fused-ring (bicyclic) bond motifs is 1. The third-order valence-electron chi connectivity index (χ3n) is 2.00. The number of halogens is 3. The first-order valence-corrected chi connectivity index (χ1v) is 5.89. The molecule has 7 heteroatoms. The van der Waals surface area contributed by atoms with Gasteiger partial charge in [0.2, 0.25) is 8.38 Å². The number of hydrogen-bond acceptors (Lipinski definition) is 2. The van der Waals surface area contributed by atoms with Crippen LogP contribution in [-0.2, 0) is 0 Å². The zero-order valence-corrected chi connectivity index (χ0v) is 9.61. The molecule has 0 amide bonds. The minimum atomic E-state index is -2.41. The molecule has 2 rings (SSSR count). The van der Waals surface area contributed by atoms with Crippen LogP contribution in [-0.4, -0.2) is 14.8 Å². The molecule has 3 N–H and O–H groups in total. The second-order valence-electron chi connectivity index (χ2n) is 2.87. The Morgan fingerprint density at radius 3 is 2.60 bits per heavy atom. The summed E-state index contributed by atoms with van der Waals surface area (Å²) in [7, 11) is -2.41. The second-order valence-corrected chi connectivity index (χ2v) is 4.73. The highest BCUT2D eigenvalue weighted by molar-refractivity contribution is 9.10. The van der Waals surface area contributed by atoms with Crippen molar-refractivity contribution < 1.29 is 18.6 Å². The molecule has 0 atom stereocenters. The number of benzene rings is 1. The van der Waals surface area contributed by atoms with E-state index in [0.29, 0.717) is 0 Å². The standard InChI is InChI=1S/C8H5BrF2NO2P/c9-7-3(10)1-4-6(8(7)11)5(2-12-4)15(13)14/h1-2,12-14H. The van der Waals surface area contributed by atoms with Gasteiger partial charge in [-0.05, 0) is 22.0 Å². The van der Waals surface area contributed by atoms with Gasteiger partial charge in [0.1, 0.15) is 5.82 Å². The van der Waals surface area contributed by atoms with Gasteiger partial charge in [-0.3, -0.25) is 0 Å². The van der Waals surface area contributed by atoms with Gasteiger partial charge in [0.25, 0.3) is 0 Å². The van der Waals surface area contributed by atoms with Crippen LogP contribution in [0.2, 0.25) is 0 Å². The van der Waals surface area contributed by atoms with Crippen molar-refractivity contribution in [3.05, 3.63) is 28.4 Å². The van der Waals surface area contributed by atoms with Crippen LogP contribution in [0.15, 0.2) is 16.7 Å². The normalized spacial score (nSPS) is 11.6. The molecule has 0 spiro atoms. The Morgan fingerprint density at radius 1 is 1.33 bits per heavy atom. The molecule has 0 aliphatic carbocycles. The molecule has 0 unspecified atom stereocenters. The van der Waals surface area contributed by atoms with E-state index in [1.165, 1.54) is 6.20 Å². The van der Waals surface area contributed by atoms with Crippen LogP contribution in [0.4, 0.5) is 8.78 Å². The number of aromatic amines is 1. The van der Waals surface area contributed by atoms with Gasteiger partial charge < -0.3 is 14.8 Å². The van der Waals surface area contributed by atoms with Crippen LogP contribution in [0.25, 0.3) is 10.9 Å². The van der Waals surface area contributed by atoms with E-state index in [1.54, 1.807) is 0 Å². The molecule has 0 aliphatic rings. The van der Waals surface area contributed by atoms with Gasteiger partial charge in [-0.2, -0.15) is 0 Å². The molecule has 3 nitrogen and oxygen atoms in total. The first-order chi connectivity index (χ1) is 7.02. The van der Waals surface area contributed by atoms with E-state index in [9.17, 15) is 8.78 Å². The fraction of sp³-hybridized carbons (Fsp3) is 0. The summed E-state index contributed by atoms with van der Waals surface area (Å²) in [4.78, 5) is 20.6. The van der Waals surface area contributed by atoms with E-state index in [1.807, 2.05) is 0 Å². The molecule has 2 aromatic rings. The van der Waals surface area contributed by atoms with E-state index < -0.39 is 20.0 Å². The number of rotatable bonds is 1. The van der Waals surface area contributed by atoms with Crippen LogP contribution in [0, 0.1) is 11.6 Å². The van der Waals surface area contributed by atoms with Crippen molar-refractivity contribution in [2.45, 2.75) is 0 Å². The Labute approximate surface area is 92.8 Å². The molecule has 1 heterocycles. The third kappa shape index (κ3) is 1.67. The molecular formula is C8H5BrF2NO2P. The largest absolute Gasteiger partial charge is 0.360 e. The fourth-order valence-corrected chi connectivity index (χ4v) is 2.25. The monoisotopic (exact) mass is 295 g/mol. The van der Waals surface area contributed by atoms with E-state index >= 15 is 0 Å². The second kappa shape index (κ2) is 3.79. The average molecular weight is 296 g/mol. The first kappa shape index (κ1) is 11.0. The molecule has 0 saturated heterocycles. The Bertz CT molecular complexity index is 529. The first-order valence-electron chi connectivity index (χ1n) is 3.85. The predicted octanol–water partition coefficient (Wildman–Crippen LogP) is 2.13. The number of aromatic nitrogens is 1. The molecular weight excluding hydrogens is 291 g/mol. The van der Waals surface area contributed by atoms with Gasteiger partial charge in [0, 0.05) is 11.6 Å². The molecule has 0 aliphatic heterocycles. The van der Waals surface area contributed by atoms with Gasteiger partial charge in [0.15, 0.2) is 5.82 Å². The maximum Gasteiger partial charge on any atom is 0.201 e. The van der Waals surface area contributed by atoms with Crippen molar-refractivity contribution in [3.63, 3.8) is 0 Å². The summed E-state index contributed by atoms with van der Waals surface area (Å²) in [5.74, 6) is -1.58. The zero-order valence-electron chi connectivity index (χ0n) is 7.13. The molecule has 0 saturated carbocycles. The maximum absolute atomic E-state index is 13.6. The maximum atomic E-state index is 13.6. The molecule has 15 heavy (non-hydrogen) atoms. The fourth-order valence-electron chi connectivity index (χ4n) is 1.34. The summed E-state index contributed by atoms with van der Waals surface area (Å²) in [5, 5.41) is 0.0394. The van der Waals surface area contributed by atoms with Gasteiger partial charge in [0.05, 0.1) is 15.3 Å². The lowest BCUT2D eigenvalue weighted by Crippen LogP contribution is -1.99. The van der Waals surface area contributed by atoms with E-state index in [4.69, 9.17) is 9.79 Å². The summed E-state index contributed by atoms with van der Waals surface area (Å²) in [5.41, 5.74) is 0.193. The molecule has 0 bridgehead atoms. The van der Waals surface area contributed by atoms with Crippen LogP contribution >= 0.6 is 24.3 Å². The van der Waals surface area contributed by atoms with Crippen LogP contribution < -0.4 is 5.30 Å². The Hall–Kier alpha value is -0.550. The summed E-state index contributed by atoms with van der Waals surface area (Å²) in [6, 6.07) is 1.09. The topological polar surface area (TPSA) is 56.2 Å². The van der Waals surface area contributed by atoms with Gasteiger partial charge in [-0.1, -0.05) is 0 Å². The van der Waals surface area contributed by atoms with Crippen molar-refractivity contribution in [2.24, 2.45) is 0 Å². The Morgan fingerprint density at radius 2 is 2.00 bits per heavy atom. The quantitative estimate of drug-likeness (QED) is 0.558. The average Bonchev–Trinajstić information content (AvgIpc) is 2.58. The van der Waals surface area contributed by atoms with Gasteiger partial charge in [-0.25, -0.2) is 8.78 Å². The zero-order chi connectivity index (χ0) is 11.2. The van der Waals surface area contributed by atoms with Crippen LogP contribution in [0.1, 0.15) is 0 Å². The van der Waals surface area contributed by atoms with E-state index in [-0.39, 0.29) is 20.7 Å². The minimum absolute atomic E-state index is 0.000568. The lowest BCUT2D eigenvalue weighted by molar-refractivity contribution is 0.497. The molecule has 80 valence electrons. The minimum Gasteiger partial charge on any atom is -0.360 e. The van der Waals surface area contributed by atoms with Gasteiger partial charge >= 0.3 is 0 Å². The smallest absolute Gasteiger partial charge is 0.201 e. The number of nitrogens with one attached hydrogen (secondary N) is 1. The highest BCUT2D eigenvalue weighted by Gasteiger charge is 2.19. The SMILES string of the molecule is OP(O)c1c[nH]c2cc(F)c(Br)c(F)c12. The number of H-pyrrole nitrogens is 1. The van der Waals surface area contributed by atoms with Crippen molar-refractivity contribution in [3.8, 4) is 0 Å². The van der Waals surface area contributed by atoms with Crippen molar-refractivity contribution in [2.75, 3.05) is 0 Å². The van der Waals surface area contributed by atoms with Gasteiger partial charge in [-0.15, -0.1) is 0 Å². The Balaban J connectivity index is 2.85. The molecule has 0 fully saturated rings. The van der Waals surface area contributed by atoms with Crippen LogP contribution in [0.3, 0.4) is 0 Å². The summed E-state index contributed by atoms with van der Waals surface area (Å²) < 4.78 is 26.4. The lowest BCUT2D eigenvalue weighted by Gasteiger charge is -2.02. The highest BCUT2D eigenvalue weighted by atomic mass is 79.9.